The molecule has 17 heavy (non-hydrogen) atoms. The molecule has 1 unspecified atom stereocenters. The summed E-state index contributed by atoms with van der Waals surface area (Å²) in [6.45, 7) is 1.40. The molecule has 1 N–H and O–H groups in total. The van der Waals surface area contributed by atoms with Gasteiger partial charge in [0.2, 0.25) is 11.8 Å². The van der Waals surface area contributed by atoms with Gasteiger partial charge in [-0.15, -0.1) is 10.2 Å². The molecule has 1 aromatic rings. The maximum Gasteiger partial charge on any atom is 0.303 e. The number of aliphatic carboxylic acids is 1. The van der Waals surface area contributed by atoms with Crippen molar-refractivity contribution in [1.82, 2.24) is 10.2 Å². The standard InChI is InChI=1S/C11H16N2O4/c14-10(15)4-2-1-3-9-12-13-11(17-9)8-5-6-16-7-8/h8H,1-7H2,(H,14,15). The molecule has 6 nitrogen and oxygen atoms in total. The highest BCUT2D eigenvalue weighted by Crippen LogP contribution is 2.24. The number of unbranched alkanes of at least 4 members (excludes halogenated alkanes) is 1. The van der Waals surface area contributed by atoms with Crippen LogP contribution in [0.1, 0.15) is 43.4 Å². The Kier molecular flexibility index (Phi) is 4.08. The van der Waals surface area contributed by atoms with Gasteiger partial charge < -0.3 is 14.3 Å². The number of aryl methyl sites for hydroxylation is 1. The number of carboxylic acids is 1. The summed E-state index contributed by atoms with van der Waals surface area (Å²) in [7, 11) is 0. The lowest BCUT2D eigenvalue weighted by atomic mass is 10.1. The Morgan fingerprint density at radius 1 is 1.41 bits per heavy atom. The maximum absolute atomic E-state index is 10.3. The highest BCUT2D eigenvalue weighted by atomic mass is 16.5. The second-order valence-corrected chi connectivity index (χ2v) is 4.20. The largest absolute Gasteiger partial charge is 0.481 e. The molecular formula is C11H16N2O4. The molecule has 1 saturated heterocycles. The molecule has 94 valence electrons. The summed E-state index contributed by atoms with van der Waals surface area (Å²) >= 11 is 0. The molecule has 0 radical (unpaired) electrons. The zero-order chi connectivity index (χ0) is 12.1. The molecule has 0 aliphatic carbocycles. The lowest BCUT2D eigenvalue weighted by Gasteiger charge is -1.98. The van der Waals surface area contributed by atoms with Crippen LogP contribution < -0.4 is 0 Å². The lowest BCUT2D eigenvalue weighted by Crippen LogP contribution is -1.97. The third-order valence-corrected chi connectivity index (χ3v) is 2.79. The number of aromatic nitrogens is 2. The van der Waals surface area contributed by atoms with E-state index in [0.717, 1.165) is 19.4 Å². The van der Waals surface area contributed by atoms with Crippen molar-refractivity contribution in [1.29, 1.82) is 0 Å². The van der Waals surface area contributed by atoms with Crippen LogP contribution in [0, 0.1) is 0 Å². The van der Waals surface area contributed by atoms with Crippen molar-refractivity contribution in [3.8, 4) is 0 Å². The van der Waals surface area contributed by atoms with E-state index < -0.39 is 5.97 Å². The SMILES string of the molecule is O=C(O)CCCCc1nnc(C2CCOC2)o1. The minimum Gasteiger partial charge on any atom is -0.481 e. The molecule has 6 heteroatoms. The normalized spacial score (nSPS) is 19.6. The van der Waals surface area contributed by atoms with E-state index in [1.54, 1.807) is 0 Å². The van der Waals surface area contributed by atoms with Gasteiger partial charge in [0.05, 0.1) is 12.5 Å². The van der Waals surface area contributed by atoms with Gasteiger partial charge in [-0.25, -0.2) is 0 Å². The van der Waals surface area contributed by atoms with Gasteiger partial charge in [-0.3, -0.25) is 4.79 Å². The quantitative estimate of drug-likeness (QED) is 0.756. The predicted molar refractivity (Wildman–Crippen MR) is 57.7 cm³/mol. The van der Waals surface area contributed by atoms with Crippen molar-refractivity contribution >= 4 is 5.97 Å². The summed E-state index contributed by atoms with van der Waals surface area (Å²) in [6, 6.07) is 0. The first kappa shape index (κ1) is 12.0. The van der Waals surface area contributed by atoms with Crippen LogP contribution in [-0.4, -0.2) is 34.5 Å². The summed E-state index contributed by atoms with van der Waals surface area (Å²) in [5, 5.41) is 16.4. The van der Waals surface area contributed by atoms with Crippen LogP contribution in [0.5, 0.6) is 0 Å². The van der Waals surface area contributed by atoms with Crippen molar-refractivity contribution < 1.29 is 19.1 Å². The maximum atomic E-state index is 10.3. The molecule has 0 amide bonds. The topological polar surface area (TPSA) is 85.5 Å². The Morgan fingerprint density at radius 3 is 3.00 bits per heavy atom. The van der Waals surface area contributed by atoms with Crippen LogP contribution in [0.15, 0.2) is 4.42 Å². The van der Waals surface area contributed by atoms with Crippen LogP contribution in [-0.2, 0) is 16.0 Å². The summed E-state index contributed by atoms with van der Waals surface area (Å²) < 4.78 is 10.8. The molecule has 0 spiro atoms. The molecule has 0 bridgehead atoms. The van der Waals surface area contributed by atoms with Gasteiger partial charge in [0.1, 0.15) is 0 Å². The fourth-order valence-corrected chi connectivity index (χ4v) is 1.81. The van der Waals surface area contributed by atoms with E-state index in [4.69, 9.17) is 14.3 Å². The van der Waals surface area contributed by atoms with Gasteiger partial charge in [-0.2, -0.15) is 0 Å². The van der Waals surface area contributed by atoms with Gasteiger partial charge in [0, 0.05) is 19.4 Å². The van der Waals surface area contributed by atoms with E-state index >= 15 is 0 Å². The molecule has 1 aliphatic rings. The summed E-state index contributed by atoms with van der Waals surface area (Å²) in [6.07, 6.45) is 3.17. The van der Waals surface area contributed by atoms with Crippen molar-refractivity contribution in [3.05, 3.63) is 11.8 Å². The van der Waals surface area contributed by atoms with E-state index in [2.05, 4.69) is 10.2 Å². The van der Waals surface area contributed by atoms with Gasteiger partial charge in [0.15, 0.2) is 0 Å². The molecule has 2 heterocycles. The fraction of sp³-hybridized carbons (Fsp3) is 0.727. The van der Waals surface area contributed by atoms with Crippen molar-refractivity contribution in [2.75, 3.05) is 13.2 Å². The van der Waals surface area contributed by atoms with Gasteiger partial charge in [-0.1, -0.05) is 0 Å². The summed E-state index contributed by atoms with van der Waals surface area (Å²) in [4.78, 5) is 10.3. The number of hydrogen-bond acceptors (Lipinski definition) is 5. The number of ether oxygens (including phenoxy) is 1. The third-order valence-electron chi connectivity index (χ3n) is 2.79. The van der Waals surface area contributed by atoms with Crippen molar-refractivity contribution in [2.45, 2.75) is 38.0 Å². The average Bonchev–Trinajstić information content (AvgIpc) is 2.94. The van der Waals surface area contributed by atoms with E-state index in [1.807, 2.05) is 0 Å². The Hall–Kier alpha value is -1.43. The third kappa shape index (κ3) is 3.52. The zero-order valence-corrected chi connectivity index (χ0v) is 9.59. The molecule has 2 rings (SSSR count). The second-order valence-electron chi connectivity index (χ2n) is 4.20. The first-order valence-corrected chi connectivity index (χ1v) is 5.87. The van der Waals surface area contributed by atoms with Crippen molar-refractivity contribution in [3.63, 3.8) is 0 Å². The summed E-state index contributed by atoms with van der Waals surface area (Å²) in [5.74, 6) is 0.711. The first-order chi connectivity index (χ1) is 8.25. The Morgan fingerprint density at radius 2 is 2.29 bits per heavy atom. The minimum atomic E-state index is -0.765. The van der Waals surface area contributed by atoms with E-state index in [-0.39, 0.29) is 12.3 Å². The Bertz CT molecular complexity index is 371. The van der Waals surface area contributed by atoms with E-state index in [1.165, 1.54) is 0 Å². The Balaban J connectivity index is 1.75. The molecule has 1 atom stereocenters. The Labute approximate surface area is 99.0 Å². The molecule has 0 saturated carbocycles. The molecule has 1 aromatic heterocycles. The zero-order valence-electron chi connectivity index (χ0n) is 9.59. The number of nitrogens with zero attached hydrogens (tertiary/aromatic N) is 2. The molecule has 1 aliphatic heterocycles. The van der Waals surface area contributed by atoms with Gasteiger partial charge >= 0.3 is 5.97 Å². The van der Waals surface area contributed by atoms with Gasteiger partial charge in [0.25, 0.3) is 0 Å². The number of carbonyl (C=O) groups is 1. The van der Waals surface area contributed by atoms with Crippen LogP contribution in [0.3, 0.4) is 0 Å². The number of rotatable bonds is 6. The van der Waals surface area contributed by atoms with Crippen LogP contribution in [0.25, 0.3) is 0 Å². The van der Waals surface area contributed by atoms with Crippen LogP contribution in [0.4, 0.5) is 0 Å². The van der Waals surface area contributed by atoms with Crippen molar-refractivity contribution in [2.24, 2.45) is 0 Å². The first-order valence-electron chi connectivity index (χ1n) is 5.87. The van der Waals surface area contributed by atoms with E-state index in [9.17, 15) is 4.79 Å². The van der Waals surface area contributed by atoms with Crippen LogP contribution >= 0.6 is 0 Å². The second kappa shape index (κ2) is 5.77. The highest BCUT2D eigenvalue weighted by molar-refractivity contribution is 5.66. The lowest BCUT2D eigenvalue weighted by molar-refractivity contribution is -0.137. The average molecular weight is 240 g/mol. The summed E-state index contributed by atoms with van der Waals surface area (Å²) in [5.41, 5.74) is 0. The van der Waals surface area contributed by atoms with E-state index in [0.29, 0.717) is 31.2 Å². The molecule has 1 fully saturated rings. The minimum absolute atomic E-state index is 0.192. The smallest absolute Gasteiger partial charge is 0.303 e. The van der Waals surface area contributed by atoms with Crippen LogP contribution in [0.2, 0.25) is 0 Å². The number of hydrogen-bond donors (Lipinski definition) is 1. The predicted octanol–water partition coefficient (Wildman–Crippen LogP) is 1.37. The highest BCUT2D eigenvalue weighted by Gasteiger charge is 2.23. The fourth-order valence-electron chi connectivity index (χ4n) is 1.81. The van der Waals surface area contributed by atoms with Gasteiger partial charge in [-0.05, 0) is 19.3 Å². The molecule has 0 aromatic carbocycles. The number of carboxylic acid groups (broad SMARTS) is 1. The molecular weight excluding hydrogens is 224 g/mol. The monoisotopic (exact) mass is 240 g/mol.